The molecule has 0 saturated carbocycles. The van der Waals surface area contributed by atoms with Crippen molar-refractivity contribution in [1.82, 2.24) is 0 Å². The Morgan fingerprint density at radius 1 is 1.14 bits per heavy atom. The predicted molar refractivity (Wildman–Crippen MR) is 107 cm³/mol. The molecule has 0 unspecified atom stereocenters. The maximum absolute atomic E-state index is 12.2. The van der Waals surface area contributed by atoms with Crippen LogP contribution in [0.2, 0.25) is 0 Å². The molecule has 0 N–H and O–H groups in total. The van der Waals surface area contributed by atoms with Gasteiger partial charge < -0.3 is 18.9 Å². The second-order valence-corrected chi connectivity index (χ2v) is 6.12. The molecule has 0 aromatic rings. The SMILES string of the molecule is C=CC(=O)OCCCCOC1=CC=C(C(=O)O/C(C)=C/C=C(\CC)OC=O)CC1. The van der Waals surface area contributed by atoms with E-state index in [1.807, 2.05) is 6.92 Å². The molecule has 0 radical (unpaired) electrons. The van der Waals surface area contributed by atoms with E-state index < -0.39 is 11.9 Å². The Labute approximate surface area is 171 Å². The van der Waals surface area contributed by atoms with Gasteiger partial charge in [0.1, 0.15) is 11.5 Å². The zero-order valence-corrected chi connectivity index (χ0v) is 17.0. The molecule has 0 aromatic heterocycles. The number of rotatable bonds is 13. The molecule has 0 heterocycles. The first-order valence-corrected chi connectivity index (χ1v) is 9.51. The predicted octanol–water partition coefficient (Wildman–Crippen LogP) is 4.03. The number of ether oxygens (including phenoxy) is 4. The van der Waals surface area contributed by atoms with Crippen molar-refractivity contribution in [3.8, 4) is 0 Å². The van der Waals surface area contributed by atoms with Crippen LogP contribution in [0, 0.1) is 0 Å². The van der Waals surface area contributed by atoms with Crippen molar-refractivity contribution in [3.05, 3.63) is 59.8 Å². The van der Waals surface area contributed by atoms with Crippen LogP contribution in [0.3, 0.4) is 0 Å². The Balaban J connectivity index is 2.40. The van der Waals surface area contributed by atoms with Gasteiger partial charge in [-0.2, -0.15) is 0 Å². The van der Waals surface area contributed by atoms with E-state index in [2.05, 4.69) is 6.58 Å². The summed E-state index contributed by atoms with van der Waals surface area (Å²) < 4.78 is 20.6. The van der Waals surface area contributed by atoms with Gasteiger partial charge in [0.2, 0.25) is 0 Å². The number of hydrogen-bond donors (Lipinski definition) is 0. The van der Waals surface area contributed by atoms with Crippen LogP contribution < -0.4 is 0 Å². The molecule has 1 rings (SSSR count). The summed E-state index contributed by atoms with van der Waals surface area (Å²) in [5.74, 6) is 0.848. The average Bonchev–Trinajstić information content (AvgIpc) is 2.73. The molecule has 0 amide bonds. The monoisotopic (exact) mass is 404 g/mol. The van der Waals surface area contributed by atoms with E-state index in [1.54, 1.807) is 31.2 Å². The van der Waals surface area contributed by atoms with Crippen LogP contribution >= 0.6 is 0 Å². The fourth-order valence-corrected chi connectivity index (χ4v) is 2.31. The molecule has 0 saturated heterocycles. The quantitative estimate of drug-likeness (QED) is 0.0871. The van der Waals surface area contributed by atoms with Crippen LogP contribution in [-0.2, 0) is 33.3 Å². The summed E-state index contributed by atoms with van der Waals surface area (Å²) in [6.07, 6.45) is 10.9. The molecule has 0 bridgehead atoms. The van der Waals surface area contributed by atoms with Crippen molar-refractivity contribution in [3.63, 3.8) is 0 Å². The van der Waals surface area contributed by atoms with Gasteiger partial charge >= 0.3 is 11.9 Å². The lowest BCUT2D eigenvalue weighted by atomic mass is 10.0. The summed E-state index contributed by atoms with van der Waals surface area (Å²) in [7, 11) is 0. The van der Waals surface area contributed by atoms with Crippen LogP contribution in [-0.4, -0.2) is 31.6 Å². The highest BCUT2D eigenvalue weighted by molar-refractivity contribution is 5.89. The number of esters is 2. The van der Waals surface area contributed by atoms with E-state index >= 15 is 0 Å². The molecule has 1 aliphatic carbocycles. The number of carbonyl (C=O) groups excluding carboxylic acids is 3. The zero-order chi connectivity index (χ0) is 21.5. The van der Waals surface area contributed by atoms with Gasteiger partial charge in [-0.3, -0.25) is 4.79 Å². The van der Waals surface area contributed by atoms with Gasteiger partial charge in [-0.1, -0.05) is 13.5 Å². The number of unbranched alkanes of at least 4 members (excludes halogenated alkanes) is 1. The van der Waals surface area contributed by atoms with E-state index in [9.17, 15) is 14.4 Å². The number of allylic oxidation sites excluding steroid dienone is 7. The molecule has 29 heavy (non-hydrogen) atoms. The Kier molecular flexibility index (Phi) is 11.5. The zero-order valence-electron chi connectivity index (χ0n) is 17.0. The Bertz CT molecular complexity index is 711. The highest BCUT2D eigenvalue weighted by atomic mass is 16.5. The van der Waals surface area contributed by atoms with Gasteiger partial charge in [0.15, 0.2) is 0 Å². The third-order valence-corrected chi connectivity index (χ3v) is 3.92. The van der Waals surface area contributed by atoms with Crippen molar-refractivity contribution >= 4 is 18.4 Å². The van der Waals surface area contributed by atoms with Gasteiger partial charge in [-0.25, -0.2) is 9.59 Å². The first kappa shape index (κ1) is 23.9. The fraction of sp³-hybridized carbons (Fsp3) is 0.409. The van der Waals surface area contributed by atoms with Crippen molar-refractivity contribution in [2.75, 3.05) is 13.2 Å². The highest BCUT2D eigenvalue weighted by Gasteiger charge is 2.16. The second kappa shape index (κ2) is 14.0. The van der Waals surface area contributed by atoms with Crippen LogP contribution in [0.15, 0.2) is 59.8 Å². The van der Waals surface area contributed by atoms with Crippen LogP contribution in [0.4, 0.5) is 0 Å². The molecule has 1 aliphatic rings. The van der Waals surface area contributed by atoms with E-state index in [1.165, 1.54) is 0 Å². The van der Waals surface area contributed by atoms with Gasteiger partial charge in [-0.15, -0.1) is 0 Å². The van der Waals surface area contributed by atoms with Crippen molar-refractivity contribution in [2.45, 2.75) is 46.0 Å². The maximum Gasteiger partial charge on any atom is 0.339 e. The summed E-state index contributed by atoms with van der Waals surface area (Å²) in [6.45, 7) is 8.05. The fourth-order valence-electron chi connectivity index (χ4n) is 2.31. The largest absolute Gasteiger partial charge is 0.498 e. The molecule has 0 fully saturated rings. The smallest absolute Gasteiger partial charge is 0.339 e. The Morgan fingerprint density at radius 3 is 2.52 bits per heavy atom. The van der Waals surface area contributed by atoms with Crippen LogP contribution in [0.1, 0.15) is 46.0 Å². The molecule has 7 heteroatoms. The van der Waals surface area contributed by atoms with Crippen molar-refractivity contribution < 1.29 is 33.3 Å². The molecular formula is C22H28O7. The Hall–Kier alpha value is -3.09. The number of carbonyl (C=O) groups is 3. The topological polar surface area (TPSA) is 88.1 Å². The minimum absolute atomic E-state index is 0.340. The van der Waals surface area contributed by atoms with E-state index in [0.29, 0.717) is 62.5 Å². The van der Waals surface area contributed by atoms with Gasteiger partial charge in [-0.05, 0) is 50.5 Å². The minimum atomic E-state index is -0.424. The average molecular weight is 404 g/mol. The second-order valence-electron chi connectivity index (χ2n) is 6.12. The summed E-state index contributed by atoms with van der Waals surface area (Å²) in [5.41, 5.74) is 0.560. The van der Waals surface area contributed by atoms with Crippen LogP contribution in [0.25, 0.3) is 0 Å². The lowest BCUT2D eigenvalue weighted by molar-refractivity contribution is -0.138. The summed E-state index contributed by atoms with van der Waals surface area (Å²) in [4.78, 5) is 33.5. The third-order valence-electron chi connectivity index (χ3n) is 3.92. The van der Waals surface area contributed by atoms with Crippen molar-refractivity contribution in [2.24, 2.45) is 0 Å². The maximum atomic E-state index is 12.2. The summed E-state index contributed by atoms with van der Waals surface area (Å²) >= 11 is 0. The van der Waals surface area contributed by atoms with Gasteiger partial charge in [0.05, 0.1) is 19.0 Å². The molecular weight excluding hydrogens is 376 g/mol. The van der Waals surface area contributed by atoms with E-state index in [4.69, 9.17) is 18.9 Å². The molecule has 0 aromatic carbocycles. The molecule has 0 atom stereocenters. The van der Waals surface area contributed by atoms with E-state index in [-0.39, 0.29) is 0 Å². The third kappa shape index (κ3) is 10.1. The highest BCUT2D eigenvalue weighted by Crippen LogP contribution is 2.21. The summed E-state index contributed by atoms with van der Waals surface area (Å²) in [6, 6.07) is 0. The summed E-state index contributed by atoms with van der Waals surface area (Å²) in [5, 5.41) is 0. The van der Waals surface area contributed by atoms with Crippen molar-refractivity contribution in [1.29, 1.82) is 0 Å². The standard InChI is InChI=1S/C22H28O7/c1-4-19(28-16-23)11-8-17(3)29-22(25)18-9-12-20(13-10-18)26-14-6-7-15-27-21(24)5-2/h5,8-9,11-12,16H,2,4,6-7,10,13-15H2,1,3H3/b17-8+,19-11+. The minimum Gasteiger partial charge on any atom is -0.498 e. The lowest BCUT2D eigenvalue weighted by Crippen LogP contribution is -2.10. The first-order chi connectivity index (χ1) is 14.0. The van der Waals surface area contributed by atoms with Gasteiger partial charge in [0.25, 0.3) is 6.47 Å². The lowest BCUT2D eigenvalue weighted by Gasteiger charge is -2.15. The van der Waals surface area contributed by atoms with E-state index in [0.717, 1.165) is 18.3 Å². The van der Waals surface area contributed by atoms with Crippen LogP contribution in [0.5, 0.6) is 0 Å². The first-order valence-electron chi connectivity index (χ1n) is 9.51. The Morgan fingerprint density at radius 2 is 1.90 bits per heavy atom. The normalized spacial score (nSPS) is 14.3. The molecule has 0 aliphatic heterocycles. The number of hydrogen-bond acceptors (Lipinski definition) is 7. The van der Waals surface area contributed by atoms with Gasteiger partial charge in [0, 0.05) is 24.5 Å². The molecule has 158 valence electrons. The molecule has 0 spiro atoms. The molecule has 7 nitrogen and oxygen atoms in total.